The Morgan fingerprint density at radius 1 is 0.968 bits per heavy atom. The second-order valence-electron chi connectivity index (χ2n) is 7.28. The fraction of sp³-hybridized carbons (Fsp3) is 0.217. The maximum absolute atomic E-state index is 13.2. The molecular formula is C23H22Br2FO4P. The number of rotatable bonds is 8. The van der Waals surface area contributed by atoms with Crippen LogP contribution in [0, 0.1) is 5.82 Å². The fourth-order valence-electron chi connectivity index (χ4n) is 2.99. The lowest BCUT2D eigenvalue weighted by molar-refractivity contribution is 0.327. The van der Waals surface area contributed by atoms with Gasteiger partial charge in [0, 0.05) is 29.1 Å². The van der Waals surface area contributed by atoms with E-state index in [1.54, 1.807) is 18.2 Å². The highest BCUT2D eigenvalue weighted by Crippen LogP contribution is 2.42. The number of halogens is 3. The first-order valence-corrected chi connectivity index (χ1v) is 13.3. The molecule has 0 saturated heterocycles. The van der Waals surface area contributed by atoms with Crippen molar-refractivity contribution in [1.82, 2.24) is 0 Å². The normalized spacial score (nSPS) is 13.1. The van der Waals surface area contributed by atoms with Crippen molar-refractivity contribution in [3.8, 4) is 11.5 Å². The van der Waals surface area contributed by atoms with Gasteiger partial charge in [0.05, 0.1) is 0 Å². The van der Waals surface area contributed by atoms with E-state index in [-0.39, 0.29) is 17.9 Å². The van der Waals surface area contributed by atoms with Crippen LogP contribution in [0.25, 0.3) is 0 Å². The van der Waals surface area contributed by atoms with Crippen molar-refractivity contribution >= 4 is 39.2 Å². The SMILES string of the molecule is COP(C)(=O)COc1cc(Br)c(Cc2ccc(O)c(Cc3ccc(F)cc3)c2)c(Br)c1. The molecule has 0 bridgehead atoms. The van der Waals surface area contributed by atoms with Gasteiger partial charge in [-0.15, -0.1) is 0 Å². The number of ether oxygens (including phenoxy) is 1. The summed E-state index contributed by atoms with van der Waals surface area (Å²) >= 11 is 7.18. The van der Waals surface area contributed by atoms with Gasteiger partial charge in [0.1, 0.15) is 17.3 Å². The van der Waals surface area contributed by atoms with E-state index in [2.05, 4.69) is 31.9 Å². The Morgan fingerprint density at radius 3 is 2.19 bits per heavy atom. The van der Waals surface area contributed by atoms with E-state index in [4.69, 9.17) is 9.26 Å². The summed E-state index contributed by atoms with van der Waals surface area (Å²) in [5.74, 6) is 0.495. The Morgan fingerprint density at radius 2 is 1.58 bits per heavy atom. The zero-order chi connectivity index (χ0) is 22.6. The minimum absolute atomic E-state index is 0.00751. The Bertz CT molecular complexity index is 1100. The topological polar surface area (TPSA) is 55.8 Å². The van der Waals surface area contributed by atoms with Gasteiger partial charge in [-0.3, -0.25) is 4.57 Å². The molecule has 0 heterocycles. The predicted octanol–water partition coefficient (Wildman–Crippen LogP) is 7.13. The van der Waals surface area contributed by atoms with Crippen LogP contribution in [0.1, 0.15) is 22.3 Å². The maximum atomic E-state index is 13.2. The highest BCUT2D eigenvalue weighted by molar-refractivity contribution is 9.11. The Hall–Kier alpha value is -1.66. The molecule has 0 aliphatic carbocycles. The summed E-state index contributed by atoms with van der Waals surface area (Å²) in [4.78, 5) is 0. The molecule has 1 atom stereocenters. The molecule has 1 unspecified atom stereocenters. The molecule has 0 saturated carbocycles. The number of aromatic hydroxyl groups is 1. The van der Waals surface area contributed by atoms with Gasteiger partial charge in [-0.25, -0.2) is 4.39 Å². The molecule has 164 valence electrons. The van der Waals surface area contributed by atoms with Crippen LogP contribution < -0.4 is 4.74 Å². The third-order valence-electron chi connectivity index (χ3n) is 4.80. The van der Waals surface area contributed by atoms with Gasteiger partial charge in [0.2, 0.25) is 7.37 Å². The molecule has 8 heteroatoms. The molecule has 0 aliphatic heterocycles. The molecule has 4 nitrogen and oxygen atoms in total. The predicted molar refractivity (Wildman–Crippen MR) is 128 cm³/mol. The van der Waals surface area contributed by atoms with Crippen molar-refractivity contribution in [2.24, 2.45) is 0 Å². The first-order chi connectivity index (χ1) is 14.7. The van der Waals surface area contributed by atoms with E-state index in [1.807, 2.05) is 24.3 Å². The Labute approximate surface area is 198 Å². The first-order valence-electron chi connectivity index (χ1n) is 9.45. The first kappa shape index (κ1) is 24.0. The van der Waals surface area contributed by atoms with Gasteiger partial charge >= 0.3 is 0 Å². The molecule has 3 rings (SSSR count). The lowest BCUT2D eigenvalue weighted by atomic mass is 9.98. The average molecular weight is 572 g/mol. The summed E-state index contributed by atoms with van der Waals surface area (Å²) in [7, 11) is -1.37. The molecule has 3 aromatic carbocycles. The monoisotopic (exact) mass is 570 g/mol. The van der Waals surface area contributed by atoms with E-state index in [1.165, 1.54) is 25.9 Å². The van der Waals surface area contributed by atoms with Gasteiger partial charge in [-0.1, -0.05) is 56.1 Å². The number of hydrogen-bond donors (Lipinski definition) is 1. The lowest BCUT2D eigenvalue weighted by Crippen LogP contribution is -2.01. The zero-order valence-corrected chi connectivity index (χ0v) is 21.1. The largest absolute Gasteiger partial charge is 0.508 e. The summed E-state index contributed by atoms with van der Waals surface area (Å²) in [5.41, 5.74) is 3.72. The van der Waals surface area contributed by atoms with Gasteiger partial charge in [-0.2, -0.15) is 0 Å². The number of benzene rings is 3. The van der Waals surface area contributed by atoms with Gasteiger partial charge < -0.3 is 14.4 Å². The molecule has 0 fully saturated rings. The molecule has 0 spiro atoms. The summed E-state index contributed by atoms with van der Waals surface area (Å²) in [6.07, 6.45) is 1.11. The molecule has 3 aromatic rings. The minimum Gasteiger partial charge on any atom is -0.508 e. The van der Waals surface area contributed by atoms with Crippen LogP contribution in [0.4, 0.5) is 4.39 Å². The van der Waals surface area contributed by atoms with Gasteiger partial charge in [0.25, 0.3) is 0 Å². The van der Waals surface area contributed by atoms with Crippen LogP contribution in [-0.2, 0) is 21.9 Å². The standard InChI is InChI=1S/C23H22Br2FO4P/c1-29-31(2,28)14-30-19-12-21(24)20(22(25)13-19)11-16-5-8-23(27)17(10-16)9-15-3-6-18(26)7-4-15/h3-8,10,12-13,27H,9,11,14H2,1-2H3. The molecule has 0 aliphatic rings. The van der Waals surface area contributed by atoms with Crippen molar-refractivity contribution in [3.63, 3.8) is 0 Å². The fourth-order valence-corrected chi connectivity index (χ4v) is 4.91. The summed E-state index contributed by atoms with van der Waals surface area (Å²) in [6, 6.07) is 15.4. The Balaban J connectivity index is 1.79. The highest BCUT2D eigenvalue weighted by atomic mass is 79.9. The number of phenols is 1. The number of phenolic OH excluding ortho intramolecular Hbond substituents is 1. The van der Waals surface area contributed by atoms with E-state index < -0.39 is 7.37 Å². The molecular weight excluding hydrogens is 550 g/mol. The van der Waals surface area contributed by atoms with Crippen LogP contribution in [0.5, 0.6) is 11.5 Å². The van der Waals surface area contributed by atoms with Crippen molar-refractivity contribution in [2.75, 3.05) is 20.1 Å². The van der Waals surface area contributed by atoms with E-state index in [0.717, 1.165) is 31.2 Å². The molecule has 0 aromatic heterocycles. The van der Waals surface area contributed by atoms with Crippen LogP contribution in [-0.4, -0.2) is 25.2 Å². The van der Waals surface area contributed by atoms with Crippen molar-refractivity contribution < 1.29 is 23.3 Å². The third-order valence-corrected chi connectivity index (χ3v) is 7.58. The molecule has 31 heavy (non-hydrogen) atoms. The highest BCUT2D eigenvalue weighted by Gasteiger charge is 2.16. The van der Waals surface area contributed by atoms with Crippen molar-refractivity contribution in [2.45, 2.75) is 12.8 Å². The van der Waals surface area contributed by atoms with Crippen LogP contribution in [0.2, 0.25) is 0 Å². The minimum atomic E-state index is -2.78. The quantitative estimate of drug-likeness (QED) is 0.292. The van der Waals surface area contributed by atoms with Crippen LogP contribution >= 0.6 is 39.2 Å². The summed E-state index contributed by atoms with van der Waals surface area (Å²) < 4.78 is 37.5. The summed E-state index contributed by atoms with van der Waals surface area (Å²) in [5, 5.41) is 10.3. The van der Waals surface area contributed by atoms with Crippen molar-refractivity contribution in [3.05, 3.63) is 91.6 Å². The van der Waals surface area contributed by atoms with E-state index in [0.29, 0.717) is 18.6 Å². The average Bonchev–Trinajstić information content (AvgIpc) is 2.73. The van der Waals surface area contributed by atoms with E-state index >= 15 is 0 Å². The van der Waals surface area contributed by atoms with Gasteiger partial charge in [0.15, 0.2) is 6.35 Å². The lowest BCUT2D eigenvalue weighted by Gasteiger charge is -2.15. The van der Waals surface area contributed by atoms with E-state index in [9.17, 15) is 14.1 Å². The number of hydrogen-bond acceptors (Lipinski definition) is 4. The smallest absolute Gasteiger partial charge is 0.236 e. The third kappa shape index (κ3) is 6.66. The maximum Gasteiger partial charge on any atom is 0.236 e. The van der Waals surface area contributed by atoms with Crippen molar-refractivity contribution in [1.29, 1.82) is 0 Å². The molecule has 0 radical (unpaired) electrons. The zero-order valence-electron chi connectivity index (χ0n) is 17.1. The van der Waals surface area contributed by atoms with Gasteiger partial charge in [-0.05, 0) is 59.0 Å². The van der Waals surface area contributed by atoms with Crippen LogP contribution in [0.15, 0.2) is 63.5 Å². The molecule has 1 N–H and O–H groups in total. The Kier molecular flexibility index (Phi) is 7.98. The second-order valence-corrected chi connectivity index (χ2v) is 11.6. The second kappa shape index (κ2) is 10.3. The molecule has 0 amide bonds. The van der Waals surface area contributed by atoms with Crippen LogP contribution in [0.3, 0.4) is 0 Å². The summed E-state index contributed by atoms with van der Waals surface area (Å²) in [6.45, 7) is 1.53.